The molecule has 0 radical (unpaired) electrons. The van der Waals surface area contributed by atoms with E-state index in [2.05, 4.69) is 43.0 Å². The number of hydrogen-bond donors (Lipinski definition) is 0. The number of nitrogens with zero attached hydrogens (tertiary/aromatic N) is 4. The van der Waals surface area contributed by atoms with Crippen LogP contribution in [-0.2, 0) is 11.3 Å². The van der Waals surface area contributed by atoms with Gasteiger partial charge in [0, 0.05) is 18.6 Å². The molecule has 8 heteroatoms. The van der Waals surface area contributed by atoms with E-state index in [0.29, 0.717) is 17.8 Å². The molecule has 2 fully saturated rings. The van der Waals surface area contributed by atoms with E-state index in [1.165, 1.54) is 30.2 Å². The highest BCUT2D eigenvalue weighted by Crippen LogP contribution is 2.42. The molecular weight excluding hydrogens is 396 g/mol. The largest absolute Gasteiger partial charge is 0.335 e. The quantitative estimate of drug-likeness (QED) is 0.500. The van der Waals surface area contributed by atoms with Gasteiger partial charge in [-0.1, -0.05) is 17.8 Å². The molecule has 3 aromatic heterocycles. The molecule has 0 atom stereocenters. The predicted molar refractivity (Wildman–Crippen MR) is 110 cm³/mol. The SMILES string of the molecule is O=C(CSc1nnc(-c2cccs2)n1C1CC1)N(Cc1ccsc1)C1CC1. The van der Waals surface area contributed by atoms with Gasteiger partial charge in [0.2, 0.25) is 5.91 Å². The minimum Gasteiger partial charge on any atom is -0.335 e. The average molecular weight is 417 g/mol. The Hall–Kier alpha value is -1.64. The van der Waals surface area contributed by atoms with Gasteiger partial charge in [-0.3, -0.25) is 9.36 Å². The molecule has 2 aliphatic carbocycles. The summed E-state index contributed by atoms with van der Waals surface area (Å²) in [5.74, 6) is 1.58. The van der Waals surface area contributed by atoms with Crippen LogP contribution in [-0.4, -0.2) is 37.4 Å². The highest BCUT2D eigenvalue weighted by molar-refractivity contribution is 7.99. The van der Waals surface area contributed by atoms with Gasteiger partial charge < -0.3 is 4.90 Å². The lowest BCUT2D eigenvalue weighted by Gasteiger charge is -2.21. The summed E-state index contributed by atoms with van der Waals surface area (Å²) in [5.41, 5.74) is 1.23. The molecule has 140 valence electrons. The van der Waals surface area contributed by atoms with E-state index in [1.54, 1.807) is 22.7 Å². The topological polar surface area (TPSA) is 51.0 Å². The Balaban J connectivity index is 1.30. The molecule has 0 saturated heterocycles. The standard InChI is InChI=1S/C19H20N4OS3/c24-17(22(14-3-4-14)10-13-7-9-25-11-13)12-27-19-21-20-18(16-2-1-8-26-16)23(19)15-5-6-15/h1-2,7-9,11,14-15H,3-6,10,12H2. The number of amides is 1. The van der Waals surface area contributed by atoms with Crippen LogP contribution in [0.1, 0.15) is 37.3 Å². The normalized spacial score (nSPS) is 16.6. The Morgan fingerprint density at radius 3 is 2.78 bits per heavy atom. The van der Waals surface area contributed by atoms with Gasteiger partial charge in [-0.2, -0.15) is 11.3 Å². The van der Waals surface area contributed by atoms with Gasteiger partial charge in [0.15, 0.2) is 11.0 Å². The fraction of sp³-hybridized carbons (Fsp3) is 0.421. The summed E-state index contributed by atoms with van der Waals surface area (Å²) in [5, 5.41) is 16.0. The average Bonchev–Trinajstić information content (AvgIpc) is 3.53. The van der Waals surface area contributed by atoms with Crippen molar-refractivity contribution < 1.29 is 4.79 Å². The Bertz CT molecular complexity index is 911. The highest BCUT2D eigenvalue weighted by Gasteiger charge is 2.34. The van der Waals surface area contributed by atoms with Crippen LogP contribution in [0.15, 0.2) is 39.5 Å². The molecule has 5 rings (SSSR count). The lowest BCUT2D eigenvalue weighted by atomic mass is 10.3. The van der Waals surface area contributed by atoms with E-state index in [-0.39, 0.29) is 5.91 Å². The number of rotatable bonds is 8. The van der Waals surface area contributed by atoms with Crippen molar-refractivity contribution in [3.05, 3.63) is 39.9 Å². The van der Waals surface area contributed by atoms with E-state index >= 15 is 0 Å². The van der Waals surface area contributed by atoms with Crippen molar-refractivity contribution in [1.82, 2.24) is 19.7 Å². The molecule has 3 aromatic rings. The first-order valence-electron chi connectivity index (χ1n) is 9.21. The molecule has 0 N–H and O–H groups in total. The van der Waals surface area contributed by atoms with Crippen molar-refractivity contribution in [2.24, 2.45) is 0 Å². The van der Waals surface area contributed by atoms with Gasteiger partial charge in [0.25, 0.3) is 0 Å². The second-order valence-corrected chi connectivity index (χ2v) is 9.73. The molecular formula is C19H20N4OS3. The van der Waals surface area contributed by atoms with Gasteiger partial charge in [-0.25, -0.2) is 0 Å². The molecule has 5 nitrogen and oxygen atoms in total. The molecule has 0 aliphatic heterocycles. The van der Waals surface area contributed by atoms with Crippen molar-refractivity contribution in [2.45, 2.75) is 49.5 Å². The number of thiophene rings is 2. The molecule has 0 aromatic carbocycles. The maximum atomic E-state index is 12.9. The molecule has 2 aliphatic rings. The summed E-state index contributed by atoms with van der Waals surface area (Å²) in [6.45, 7) is 0.726. The van der Waals surface area contributed by atoms with E-state index < -0.39 is 0 Å². The van der Waals surface area contributed by atoms with Gasteiger partial charge in [-0.05, 0) is 59.5 Å². The van der Waals surface area contributed by atoms with Gasteiger partial charge in [0.05, 0.1) is 10.6 Å². The van der Waals surface area contributed by atoms with Gasteiger partial charge >= 0.3 is 0 Å². The van der Waals surface area contributed by atoms with Crippen LogP contribution < -0.4 is 0 Å². The Kier molecular flexibility index (Phi) is 4.79. The van der Waals surface area contributed by atoms with Crippen LogP contribution in [0.3, 0.4) is 0 Å². The predicted octanol–water partition coefficient (Wildman–Crippen LogP) is 4.69. The zero-order chi connectivity index (χ0) is 18.2. The zero-order valence-electron chi connectivity index (χ0n) is 14.8. The third kappa shape index (κ3) is 3.83. The number of hydrogen-bond acceptors (Lipinski definition) is 6. The fourth-order valence-corrected chi connectivity index (χ4v) is 5.46. The third-order valence-corrected chi connectivity index (χ3v) is 7.41. The molecule has 0 bridgehead atoms. The van der Waals surface area contributed by atoms with Crippen molar-refractivity contribution in [3.8, 4) is 10.7 Å². The summed E-state index contributed by atoms with van der Waals surface area (Å²) in [6, 6.07) is 7.14. The van der Waals surface area contributed by atoms with Crippen LogP contribution in [0.2, 0.25) is 0 Å². The van der Waals surface area contributed by atoms with E-state index in [4.69, 9.17) is 0 Å². The van der Waals surface area contributed by atoms with E-state index in [9.17, 15) is 4.79 Å². The van der Waals surface area contributed by atoms with Crippen LogP contribution in [0.25, 0.3) is 10.7 Å². The minimum atomic E-state index is 0.205. The van der Waals surface area contributed by atoms with Crippen molar-refractivity contribution in [2.75, 3.05) is 5.75 Å². The third-order valence-electron chi connectivity index (χ3n) is 4.88. The maximum Gasteiger partial charge on any atom is 0.233 e. The van der Waals surface area contributed by atoms with Crippen LogP contribution in [0.4, 0.5) is 0 Å². The summed E-state index contributed by atoms with van der Waals surface area (Å²) in [7, 11) is 0. The summed E-state index contributed by atoms with van der Waals surface area (Å²) < 4.78 is 2.24. The summed E-state index contributed by atoms with van der Waals surface area (Å²) >= 11 is 4.90. The monoisotopic (exact) mass is 416 g/mol. The number of carbonyl (C=O) groups excluding carboxylic acids is 1. The Morgan fingerprint density at radius 1 is 1.22 bits per heavy atom. The Labute approximate surface area is 170 Å². The molecule has 2 saturated carbocycles. The summed E-state index contributed by atoms with van der Waals surface area (Å²) in [4.78, 5) is 16.1. The van der Waals surface area contributed by atoms with Crippen molar-refractivity contribution in [1.29, 1.82) is 0 Å². The highest BCUT2D eigenvalue weighted by atomic mass is 32.2. The minimum absolute atomic E-state index is 0.205. The summed E-state index contributed by atoms with van der Waals surface area (Å²) in [6.07, 6.45) is 4.59. The second kappa shape index (κ2) is 7.41. The first kappa shape index (κ1) is 17.5. The van der Waals surface area contributed by atoms with Gasteiger partial charge in [0.1, 0.15) is 0 Å². The number of aromatic nitrogens is 3. The van der Waals surface area contributed by atoms with Crippen LogP contribution >= 0.6 is 34.4 Å². The van der Waals surface area contributed by atoms with E-state index in [1.807, 2.05) is 11.0 Å². The lowest BCUT2D eigenvalue weighted by molar-refractivity contribution is -0.129. The van der Waals surface area contributed by atoms with Gasteiger partial charge in [-0.15, -0.1) is 21.5 Å². The van der Waals surface area contributed by atoms with Crippen LogP contribution in [0, 0.1) is 0 Å². The van der Waals surface area contributed by atoms with Crippen LogP contribution in [0.5, 0.6) is 0 Å². The first-order valence-corrected chi connectivity index (χ1v) is 12.0. The first-order chi connectivity index (χ1) is 13.3. The van der Waals surface area contributed by atoms with E-state index in [0.717, 1.165) is 35.2 Å². The molecule has 27 heavy (non-hydrogen) atoms. The maximum absolute atomic E-state index is 12.9. The number of thioether (sulfide) groups is 1. The fourth-order valence-electron chi connectivity index (χ4n) is 3.21. The molecule has 3 heterocycles. The molecule has 0 spiro atoms. The molecule has 0 unspecified atom stereocenters. The smallest absolute Gasteiger partial charge is 0.233 e. The lowest BCUT2D eigenvalue weighted by Crippen LogP contribution is -2.33. The number of carbonyl (C=O) groups is 1. The molecule has 1 amide bonds. The second-order valence-electron chi connectivity index (χ2n) is 7.06. The van der Waals surface area contributed by atoms with Crippen molar-refractivity contribution in [3.63, 3.8) is 0 Å². The zero-order valence-corrected chi connectivity index (χ0v) is 17.2. The van der Waals surface area contributed by atoms with Crippen molar-refractivity contribution >= 4 is 40.3 Å². The Morgan fingerprint density at radius 2 is 2.11 bits per heavy atom.